The lowest BCUT2D eigenvalue weighted by Gasteiger charge is -2.04. The van der Waals surface area contributed by atoms with E-state index >= 15 is 0 Å². The second-order valence-corrected chi connectivity index (χ2v) is 9.44. The van der Waals surface area contributed by atoms with Crippen LogP contribution in [-0.4, -0.2) is 26.5 Å². The molecule has 1 aliphatic carbocycles. The van der Waals surface area contributed by atoms with E-state index in [1.54, 1.807) is 42.2 Å². The zero-order valence-corrected chi connectivity index (χ0v) is 18.8. The molecule has 2 atom stereocenters. The van der Waals surface area contributed by atoms with Crippen LogP contribution in [0.15, 0.2) is 60.5 Å². The van der Waals surface area contributed by atoms with E-state index in [1.165, 1.54) is 0 Å². The predicted octanol–water partition coefficient (Wildman–Crippen LogP) is 5.47. The van der Waals surface area contributed by atoms with Crippen molar-refractivity contribution < 1.29 is 9.59 Å². The van der Waals surface area contributed by atoms with Gasteiger partial charge in [0.25, 0.3) is 0 Å². The molecule has 0 aliphatic heterocycles. The standard InChI is InChI=1S/C25H20ClN3O2S/c26-21-13-27-12-16-3-2-15(8-18(16)21)9-23(31)19-11-20(19)24-10-17(14-32-24)22(30)4-5-25-28-6-1-7-29-25/h1-3,6-8,10,12-14,19-20H,4-5,9,11H2/t19-,20?/m1/s1. The number of fused-ring (bicyclic) bond motifs is 1. The zero-order chi connectivity index (χ0) is 22.1. The molecule has 3 aromatic heterocycles. The van der Waals surface area contributed by atoms with Gasteiger partial charge < -0.3 is 0 Å². The molecule has 1 aromatic carbocycles. The Hall–Kier alpha value is -2.96. The number of ketones is 2. The molecule has 1 aliphatic rings. The fourth-order valence-electron chi connectivity index (χ4n) is 4.01. The van der Waals surface area contributed by atoms with Crippen molar-refractivity contribution in [1.82, 2.24) is 15.0 Å². The van der Waals surface area contributed by atoms with Crippen molar-refractivity contribution in [2.24, 2.45) is 5.92 Å². The summed E-state index contributed by atoms with van der Waals surface area (Å²) in [4.78, 5) is 38.9. The normalized spacial score (nSPS) is 17.4. The number of rotatable bonds is 8. The minimum absolute atomic E-state index is 0.0259. The summed E-state index contributed by atoms with van der Waals surface area (Å²) >= 11 is 7.82. The number of nitrogens with zero attached hydrogens (tertiary/aromatic N) is 3. The number of benzene rings is 1. The average molecular weight is 462 g/mol. The average Bonchev–Trinajstić information content (AvgIpc) is 3.47. The van der Waals surface area contributed by atoms with Crippen molar-refractivity contribution in [3.63, 3.8) is 0 Å². The van der Waals surface area contributed by atoms with Crippen LogP contribution in [-0.2, 0) is 17.6 Å². The van der Waals surface area contributed by atoms with Crippen molar-refractivity contribution in [2.45, 2.75) is 31.6 Å². The highest BCUT2D eigenvalue weighted by molar-refractivity contribution is 7.10. The molecule has 0 radical (unpaired) electrons. The van der Waals surface area contributed by atoms with Crippen LogP contribution in [0, 0.1) is 5.92 Å². The third-order valence-electron chi connectivity index (χ3n) is 5.86. The molecular weight excluding hydrogens is 442 g/mol. The maximum absolute atomic E-state index is 12.9. The molecule has 7 heteroatoms. The van der Waals surface area contributed by atoms with Gasteiger partial charge in [0.15, 0.2) is 5.78 Å². The van der Waals surface area contributed by atoms with Crippen LogP contribution >= 0.6 is 22.9 Å². The molecule has 0 amide bonds. The summed E-state index contributed by atoms with van der Waals surface area (Å²) in [6.45, 7) is 0. The first kappa shape index (κ1) is 20.9. The van der Waals surface area contributed by atoms with Gasteiger partial charge in [0.2, 0.25) is 0 Å². The molecule has 0 spiro atoms. The maximum Gasteiger partial charge on any atom is 0.164 e. The number of carbonyl (C=O) groups is 2. The molecule has 5 rings (SSSR count). The van der Waals surface area contributed by atoms with E-state index in [-0.39, 0.29) is 23.4 Å². The highest BCUT2D eigenvalue weighted by Gasteiger charge is 2.44. The Bertz CT molecular complexity index is 1310. The van der Waals surface area contributed by atoms with Gasteiger partial charge in [0.05, 0.1) is 5.02 Å². The molecule has 0 N–H and O–H groups in total. The van der Waals surface area contributed by atoms with Gasteiger partial charge in [-0.25, -0.2) is 9.97 Å². The molecule has 0 saturated heterocycles. The number of pyridine rings is 1. The van der Waals surface area contributed by atoms with Gasteiger partial charge in [-0.2, -0.15) is 0 Å². The maximum atomic E-state index is 12.9. The lowest BCUT2D eigenvalue weighted by molar-refractivity contribution is -0.119. The molecule has 3 heterocycles. The van der Waals surface area contributed by atoms with Crippen LogP contribution in [0.3, 0.4) is 0 Å². The van der Waals surface area contributed by atoms with Crippen LogP contribution < -0.4 is 0 Å². The third-order valence-corrected chi connectivity index (χ3v) is 7.23. The summed E-state index contributed by atoms with van der Waals surface area (Å²) in [5, 5.41) is 4.38. The number of thiophene rings is 1. The summed E-state index contributed by atoms with van der Waals surface area (Å²) < 4.78 is 0. The Morgan fingerprint density at radius 1 is 1.12 bits per heavy atom. The van der Waals surface area contributed by atoms with Gasteiger partial charge >= 0.3 is 0 Å². The van der Waals surface area contributed by atoms with Gasteiger partial charge in [-0.1, -0.05) is 23.7 Å². The molecule has 160 valence electrons. The molecule has 0 bridgehead atoms. The van der Waals surface area contributed by atoms with E-state index in [1.807, 2.05) is 29.6 Å². The van der Waals surface area contributed by atoms with Crippen LogP contribution in [0.1, 0.15) is 45.4 Å². The number of Topliss-reactive ketones (excluding diaryl/α,β-unsaturated/α-hetero) is 2. The number of aromatic nitrogens is 3. The Morgan fingerprint density at radius 3 is 2.81 bits per heavy atom. The van der Waals surface area contributed by atoms with Crippen molar-refractivity contribution in [3.8, 4) is 0 Å². The number of hydrogen-bond acceptors (Lipinski definition) is 6. The van der Waals surface area contributed by atoms with Crippen LogP contribution in [0.25, 0.3) is 10.8 Å². The SMILES string of the molecule is O=C(CCc1ncccn1)c1csc(C2C[C@H]2C(=O)Cc2ccc3cncc(Cl)c3c2)c1. The topological polar surface area (TPSA) is 72.8 Å². The quantitative estimate of drug-likeness (QED) is 0.325. The molecule has 1 unspecified atom stereocenters. The Morgan fingerprint density at radius 2 is 1.97 bits per heavy atom. The number of aryl methyl sites for hydroxylation is 1. The second-order valence-electron chi connectivity index (χ2n) is 8.09. The molecule has 4 aromatic rings. The van der Waals surface area contributed by atoms with E-state index in [0.717, 1.165) is 33.2 Å². The monoisotopic (exact) mass is 461 g/mol. The first-order valence-corrected chi connectivity index (χ1v) is 11.8. The molecule has 5 nitrogen and oxygen atoms in total. The summed E-state index contributed by atoms with van der Waals surface area (Å²) in [5.74, 6) is 1.25. The third kappa shape index (κ3) is 4.47. The minimum Gasteiger partial charge on any atom is -0.299 e. The van der Waals surface area contributed by atoms with Gasteiger partial charge in [0, 0.05) is 82.5 Å². The van der Waals surface area contributed by atoms with Crippen molar-refractivity contribution in [1.29, 1.82) is 0 Å². The van der Waals surface area contributed by atoms with E-state index in [4.69, 9.17) is 11.6 Å². The van der Waals surface area contributed by atoms with Gasteiger partial charge in [-0.05, 0) is 30.2 Å². The molecule has 32 heavy (non-hydrogen) atoms. The Kier molecular flexibility index (Phi) is 5.81. The molecule has 1 saturated carbocycles. The van der Waals surface area contributed by atoms with Gasteiger partial charge in [0.1, 0.15) is 11.6 Å². The van der Waals surface area contributed by atoms with Crippen LogP contribution in [0.5, 0.6) is 0 Å². The zero-order valence-electron chi connectivity index (χ0n) is 17.2. The number of halogens is 1. The summed E-state index contributed by atoms with van der Waals surface area (Å²) in [7, 11) is 0. The minimum atomic E-state index is 0.0259. The van der Waals surface area contributed by atoms with Crippen molar-refractivity contribution in [2.75, 3.05) is 0 Å². The lowest BCUT2D eigenvalue weighted by atomic mass is 10.0. The van der Waals surface area contributed by atoms with Crippen molar-refractivity contribution >= 4 is 45.3 Å². The molecule has 1 fully saturated rings. The van der Waals surface area contributed by atoms with Crippen LogP contribution in [0.2, 0.25) is 5.02 Å². The predicted molar refractivity (Wildman–Crippen MR) is 125 cm³/mol. The number of hydrogen-bond donors (Lipinski definition) is 0. The largest absolute Gasteiger partial charge is 0.299 e. The highest BCUT2D eigenvalue weighted by atomic mass is 35.5. The first-order chi connectivity index (χ1) is 15.6. The van der Waals surface area contributed by atoms with E-state index in [0.29, 0.717) is 30.1 Å². The molecular formula is C25H20ClN3O2S. The Balaban J connectivity index is 1.19. The van der Waals surface area contributed by atoms with Gasteiger partial charge in [-0.3, -0.25) is 14.6 Å². The first-order valence-electron chi connectivity index (χ1n) is 10.5. The number of carbonyl (C=O) groups excluding carboxylic acids is 2. The van der Waals surface area contributed by atoms with E-state index in [9.17, 15) is 9.59 Å². The van der Waals surface area contributed by atoms with Crippen LogP contribution in [0.4, 0.5) is 0 Å². The van der Waals surface area contributed by atoms with Gasteiger partial charge in [-0.15, -0.1) is 11.3 Å². The fraction of sp³-hybridized carbons (Fsp3) is 0.240. The Labute approximate surface area is 194 Å². The smallest absolute Gasteiger partial charge is 0.164 e. The lowest BCUT2D eigenvalue weighted by Crippen LogP contribution is -2.06. The summed E-state index contributed by atoms with van der Waals surface area (Å²) in [6, 6.07) is 9.62. The fourth-order valence-corrected chi connectivity index (χ4v) is 5.32. The summed E-state index contributed by atoms with van der Waals surface area (Å²) in [6.07, 6.45) is 8.91. The van der Waals surface area contributed by atoms with E-state index in [2.05, 4.69) is 15.0 Å². The van der Waals surface area contributed by atoms with E-state index < -0.39 is 0 Å². The second kappa shape index (κ2) is 8.88. The van der Waals surface area contributed by atoms with Crippen molar-refractivity contribution in [3.05, 3.63) is 87.4 Å². The summed E-state index contributed by atoms with van der Waals surface area (Å²) in [5.41, 5.74) is 1.68. The highest BCUT2D eigenvalue weighted by Crippen LogP contribution is 2.50.